The van der Waals surface area contributed by atoms with Crippen LogP contribution < -0.4 is 4.74 Å². The molecule has 2 aromatic rings. The molecule has 0 spiro atoms. The average Bonchev–Trinajstić information content (AvgIpc) is 2.71. The van der Waals surface area contributed by atoms with Crippen molar-refractivity contribution in [3.8, 4) is 5.75 Å². The van der Waals surface area contributed by atoms with Gasteiger partial charge in [-0.25, -0.2) is 0 Å². The zero-order valence-corrected chi connectivity index (χ0v) is 11.5. The lowest BCUT2D eigenvalue weighted by molar-refractivity contribution is -0.139. The molecule has 1 heterocycles. The Morgan fingerprint density at radius 1 is 1.39 bits per heavy atom. The summed E-state index contributed by atoms with van der Waals surface area (Å²) in [6.45, 7) is 3.88. The normalized spacial score (nSPS) is 12.9. The first-order valence-electron chi connectivity index (χ1n) is 5.82. The largest absolute Gasteiger partial charge is 0.497 e. The van der Waals surface area contributed by atoms with Gasteiger partial charge in [0, 0.05) is 4.88 Å². The lowest BCUT2D eigenvalue weighted by Crippen LogP contribution is -2.16. The van der Waals surface area contributed by atoms with Crippen LogP contribution in [0, 0.1) is 5.92 Å². The molecule has 0 aliphatic rings. The van der Waals surface area contributed by atoms with E-state index in [0.717, 1.165) is 21.4 Å². The maximum absolute atomic E-state index is 11.4. The molecule has 0 saturated carbocycles. The Hall–Kier alpha value is -1.55. The third kappa shape index (κ3) is 2.20. The third-order valence-corrected chi connectivity index (χ3v) is 4.15. The molecule has 1 aromatic heterocycles. The van der Waals surface area contributed by atoms with Gasteiger partial charge in [0.2, 0.25) is 0 Å². The van der Waals surface area contributed by atoms with Crippen molar-refractivity contribution in [1.29, 1.82) is 0 Å². The van der Waals surface area contributed by atoms with Gasteiger partial charge in [-0.05, 0) is 40.3 Å². The van der Waals surface area contributed by atoms with Crippen LogP contribution in [0.5, 0.6) is 5.75 Å². The monoisotopic (exact) mass is 264 g/mol. The van der Waals surface area contributed by atoms with Crippen LogP contribution in [0.3, 0.4) is 0 Å². The van der Waals surface area contributed by atoms with Gasteiger partial charge >= 0.3 is 5.97 Å². The molecule has 0 aliphatic heterocycles. The number of hydrogen-bond donors (Lipinski definition) is 1. The summed E-state index contributed by atoms with van der Waals surface area (Å²) in [6, 6.07) is 5.75. The minimum atomic E-state index is -0.760. The molecule has 4 heteroatoms. The predicted octanol–water partition coefficient (Wildman–Crippen LogP) is 3.73. The molecule has 0 fully saturated rings. The Kier molecular flexibility index (Phi) is 3.57. The maximum atomic E-state index is 11.4. The second-order valence-corrected chi connectivity index (χ2v) is 5.52. The molecule has 0 saturated heterocycles. The molecule has 3 nitrogen and oxygen atoms in total. The molecule has 2 rings (SSSR count). The van der Waals surface area contributed by atoms with Gasteiger partial charge in [0.05, 0.1) is 13.0 Å². The van der Waals surface area contributed by atoms with Crippen molar-refractivity contribution in [3.05, 3.63) is 28.5 Å². The number of methoxy groups -OCH3 is 1. The zero-order valence-electron chi connectivity index (χ0n) is 10.6. The molecule has 0 aliphatic carbocycles. The summed E-state index contributed by atoms with van der Waals surface area (Å²) in [7, 11) is 1.63. The van der Waals surface area contributed by atoms with Crippen LogP contribution in [0.25, 0.3) is 10.8 Å². The van der Waals surface area contributed by atoms with Crippen LogP contribution in [-0.4, -0.2) is 18.2 Å². The number of rotatable bonds is 4. The Balaban J connectivity index is 2.54. The topological polar surface area (TPSA) is 46.5 Å². The molecule has 0 radical (unpaired) electrons. The van der Waals surface area contributed by atoms with Gasteiger partial charge in [-0.15, -0.1) is 11.3 Å². The van der Waals surface area contributed by atoms with E-state index < -0.39 is 11.9 Å². The smallest absolute Gasteiger partial charge is 0.312 e. The summed E-state index contributed by atoms with van der Waals surface area (Å²) in [6.07, 6.45) is 0. The fourth-order valence-electron chi connectivity index (χ4n) is 2.12. The second kappa shape index (κ2) is 4.98. The number of hydrogen-bond acceptors (Lipinski definition) is 3. The Labute approximate surface area is 110 Å². The van der Waals surface area contributed by atoms with E-state index in [1.165, 1.54) is 11.3 Å². The van der Waals surface area contributed by atoms with Crippen molar-refractivity contribution in [2.45, 2.75) is 19.8 Å². The lowest BCUT2D eigenvalue weighted by Gasteiger charge is -2.15. The molecular weight excluding hydrogens is 248 g/mol. The summed E-state index contributed by atoms with van der Waals surface area (Å²) in [5, 5.41) is 13.4. The van der Waals surface area contributed by atoms with Crippen molar-refractivity contribution in [2.24, 2.45) is 5.92 Å². The summed E-state index contributed by atoms with van der Waals surface area (Å²) in [5.41, 5.74) is 0. The number of carboxylic acids is 1. The molecule has 1 aromatic carbocycles. The van der Waals surface area contributed by atoms with Crippen molar-refractivity contribution in [1.82, 2.24) is 0 Å². The molecule has 1 atom stereocenters. The highest BCUT2D eigenvalue weighted by atomic mass is 32.1. The quantitative estimate of drug-likeness (QED) is 0.915. The van der Waals surface area contributed by atoms with Crippen molar-refractivity contribution in [3.63, 3.8) is 0 Å². The number of ether oxygens (including phenoxy) is 1. The summed E-state index contributed by atoms with van der Waals surface area (Å²) in [4.78, 5) is 12.3. The zero-order chi connectivity index (χ0) is 13.3. The van der Waals surface area contributed by atoms with Gasteiger partial charge in [-0.2, -0.15) is 0 Å². The Morgan fingerprint density at radius 3 is 2.67 bits per heavy atom. The predicted molar refractivity (Wildman–Crippen MR) is 73.6 cm³/mol. The van der Waals surface area contributed by atoms with Gasteiger partial charge in [0.1, 0.15) is 5.75 Å². The van der Waals surface area contributed by atoms with Crippen LogP contribution in [0.1, 0.15) is 24.6 Å². The first-order chi connectivity index (χ1) is 8.54. The SMILES string of the molecule is COc1ccc2c(C(C(=O)O)C(C)C)scc2c1. The number of aliphatic carboxylic acids is 1. The molecule has 0 amide bonds. The standard InChI is InChI=1S/C14H16O3S/c1-8(2)12(14(15)16)13-11-5-4-10(17-3)6-9(11)7-18-13/h4-8,12H,1-3H3,(H,15,16). The third-order valence-electron chi connectivity index (χ3n) is 3.05. The highest BCUT2D eigenvalue weighted by Crippen LogP contribution is 2.37. The molecule has 1 N–H and O–H groups in total. The minimum absolute atomic E-state index is 0.0754. The van der Waals surface area contributed by atoms with E-state index in [-0.39, 0.29) is 5.92 Å². The van der Waals surface area contributed by atoms with Crippen LogP contribution in [0.4, 0.5) is 0 Å². The van der Waals surface area contributed by atoms with Crippen LogP contribution in [0.15, 0.2) is 23.6 Å². The van der Waals surface area contributed by atoms with Gasteiger partial charge in [0.25, 0.3) is 0 Å². The molecule has 0 bridgehead atoms. The number of benzene rings is 1. The Morgan fingerprint density at radius 2 is 2.11 bits per heavy atom. The first-order valence-corrected chi connectivity index (χ1v) is 6.70. The fourth-order valence-corrected chi connectivity index (χ4v) is 3.40. The highest BCUT2D eigenvalue weighted by Gasteiger charge is 2.26. The van der Waals surface area contributed by atoms with Crippen LogP contribution >= 0.6 is 11.3 Å². The maximum Gasteiger partial charge on any atom is 0.312 e. The fraction of sp³-hybridized carbons (Fsp3) is 0.357. The number of carbonyl (C=O) groups is 1. The van der Waals surface area contributed by atoms with E-state index >= 15 is 0 Å². The first kappa shape index (κ1) is 12.9. The van der Waals surface area contributed by atoms with Gasteiger partial charge < -0.3 is 9.84 Å². The summed E-state index contributed by atoms with van der Waals surface area (Å²) in [5.74, 6) is -0.333. The van der Waals surface area contributed by atoms with E-state index in [2.05, 4.69) is 0 Å². The van der Waals surface area contributed by atoms with Crippen molar-refractivity contribution in [2.75, 3.05) is 7.11 Å². The van der Waals surface area contributed by atoms with Gasteiger partial charge in [-0.3, -0.25) is 4.79 Å². The minimum Gasteiger partial charge on any atom is -0.497 e. The van der Waals surface area contributed by atoms with E-state index in [1.807, 2.05) is 37.4 Å². The van der Waals surface area contributed by atoms with E-state index in [0.29, 0.717) is 0 Å². The van der Waals surface area contributed by atoms with Gasteiger partial charge in [0.15, 0.2) is 0 Å². The van der Waals surface area contributed by atoms with Crippen LogP contribution in [-0.2, 0) is 4.79 Å². The lowest BCUT2D eigenvalue weighted by atomic mass is 9.92. The second-order valence-electron chi connectivity index (χ2n) is 4.61. The summed E-state index contributed by atoms with van der Waals surface area (Å²) >= 11 is 1.51. The highest BCUT2D eigenvalue weighted by molar-refractivity contribution is 7.11. The van der Waals surface area contributed by atoms with Crippen LogP contribution in [0.2, 0.25) is 0 Å². The molecular formula is C14H16O3S. The molecule has 1 unspecified atom stereocenters. The number of carboxylic acid groups (broad SMARTS) is 1. The summed E-state index contributed by atoms with van der Waals surface area (Å²) < 4.78 is 5.18. The van der Waals surface area contributed by atoms with Gasteiger partial charge in [-0.1, -0.05) is 13.8 Å². The van der Waals surface area contributed by atoms with Crippen molar-refractivity contribution < 1.29 is 14.6 Å². The Bertz CT molecular complexity index is 571. The molecule has 96 valence electrons. The average molecular weight is 264 g/mol. The van der Waals surface area contributed by atoms with E-state index in [9.17, 15) is 9.90 Å². The van der Waals surface area contributed by atoms with E-state index in [1.54, 1.807) is 7.11 Å². The van der Waals surface area contributed by atoms with E-state index in [4.69, 9.17) is 4.74 Å². The van der Waals surface area contributed by atoms with Crippen molar-refractivity contribution >= 4 is 28.1 Å². The number of fused-ring (bicyclic) bond motifs is 1. The molecule has 18 heavy (non-hydrogen) atoms. The number of thiophene rings is 1.